The fraction of sp³-hybridized carbons (Fsp3) is 0.111. The zero-order valence-electron chi connectivity index (χ0n) is 6.28. The largest absolute Gasteiger partial charge is 0.276 e. The highest BCUT2D eigenvalue weighted by Crippen LogP contribution is 2.17. The van der Waals surface area contributed by atoms with Gasteiger partial charge in [-0.3, -0.25) is 4.98 Å². The highest BCUT2D eigenvalue weighted by Gasteiger charge is 1.94. The summed E-state index contributed by atoms with van der Waals surface area (Å²) in [7, 11) is 0. The van der Waals surface area contributed by atoms with Crippen molar-refractivity contribution < 1.29 is 0 Å². The molecule has 0 fully saturated rings. The number of allylic oxidation sites excluding steroid dienone is 1. The van der Waals surface area contributed by atoms with E-state index in [2.05, 4.69) is 9.83 Å². The van der Waals surface area contributed by atoms with Crippen molar-refractivity contribution in [2.75, 3.05) is 0 Å². The van der Waals surface area contributed by atoms with Crippen LogP contribution in [0.25, 0.3) is 10.9 Å². The third-order valence-corrected chi connectivity index (χ3v) is 1.30. The van der Waals surface area contributed by atoms with Crippen LogP contribution < -0.4 is 0 Å². The standard InChI is InChI=1S/C9H8N2/c1-3-4-8-5-6-11-7-9(8)10-2/h3-7H,1H3. The minimum atomic E-state index is 0.602. The van der Waals surface area contributed by atoms with Crippen LogP contribution in [0.4, 0.5) is 5.69 Å². The summed E-state index contributed by atoms with van der Waals surface area (Å²) in [5, 5.41) is 0. The molecule has 0 amide bonds. The molecule has 0 N–H and O–H groups in total. The lowest BCUT2D eigenvalue weighted by atomic mass is 10.2. The molecule has 2 heteroatoms. The summed E-state index contributed by atoms with van der Waals surface area (Å²) in [6.07, 6.45) is 7.06. The van der Waals surface area contributed by atoms with Gasteiger partial charge >= 0.3 is 0 Å². The van der Waals surface area contributed by atoms with E-state index in [1.54, 1.807) is 12.4 Å². The Kier molecular flexibility index (Phi) is 2.40. The van der Waals surface area contributed by atoms with Crippen LogP contribution in [-0.4, -0.2) is 4.98 Å². The average Bonchev–Trinajstić information content (AvgIpc) is 2.06. The highest BCUT2D eigenvalue weighted by molar-refractivity contribution is 5.65. The molecule has 0 aliphatic rings. The van der Waals surface area contributed by atoms with Crippen LogP contribution in [0.5, 0.6) is 0 Å². The SMILES string of the molecule is [C-]#[N+]c1cnccc1C=CC. The van der Waals surface area contributed by atoms with Crippen LogP contribution in [0.2, 0.25) is 0 Å². The van der Waals surface area contributed by atoms with Gasteiger partial charge < -0.3 is 0 Å². The van der Waals surface area contributed by atoms with Crippen LogP contribution >= 0.6 is 0 Å². The Bertz CT molecular complexity index is 308. The first-order valence-electron chi connectivity index (χ1n) is 3.32. The molecule has 0 radical (unpaired) electrons. The lowest BCUT2D eigenvalue weighted by Crippen LogP contribution is -1.73. The van der Waals surface area contributed by atoms with Crippen molar-refractivity contribution in [3.8, 4) is 0 Å². The van der Waals surface area contributed by atoms with Gasteiger partial charge in [0.25, 0.3) is 0 Å². The van der Waals surface area contributed by atoms with E-state index >= 15 is 0 Å². The fourth-order valence-electron chi connectivity index (χ4n) is 0.811. The van der Waals surface area contributed by atoms with Gasteiger partial charge in [0, 0.05) is 12.4 Å². The van der Waals surface area contributed by atoms with E-state index in [1.807, 2.05) is 25.1 Å². The second-order valence-electron chi connectivity index (χ2n) is 2.05. The third kappa shape index (κ3) is 1.65. The van der Waals surface area contributed by atoms with Crippen molar-refractivity contribution >= 4 is 11.8 Å². The number of nitrogens with zero attached hydrogens (tertiary/aromatic N) is 2. The van der Waals surface area contributed by atoms with Crippen molar-refractivity contribution in [1.29, 1.82) is 0 Å². The van der Waals surface area contributed by atoms with Gasteiger partial charge in [-0.2, -0.15) is 0 Å². The Labute approximate surface area is 66.0 Å². The quantitative estimate of drug-likeness (QED) is 0.554. The van der Waals surface area contributed by atoms with Crippen LogP contribution in [0, 0.1) is 6.57 Å². The van der Waals surface area contributed by atoms with Gasteiger partial charge in [-0.25, -0.2) is 4.85 Å². The number of aromatic nitrogens is 1. The highest BCUT2D eigenvalue weighted by atomic mass is 14.7. The van der Waals surface area contributed by atoms with E-state index in [1.165, 1.54) is 0 Å². The van der Waals surface area contributed by atoms with E-state index in [9.17, 15) is 0 Å². The third-order valence-electron chi connectivity index (χ3n) is 1.30. The number of pyridine rings is 1. The lowest BCUT2D eigenvalue weighted by molar-refractivity contribution is 1.33. The predicted molar refractivity (Wildman–Crippen MR) is 45.2 cm³/mol. The molecule has 0 saturated carbocycles. The van der Waals surface area contributed by atoms with E-state index in [0.29, 0.717) is 5.69 Å². The molecule has 0 saturated heterocycles. The molecule has 1 aromatic rings. The molecule has 1 heterocycles. The monoisotopic (exact) mass is 144 g/mol. The molecule has 0 unspecified atom stereocenters. The first kappa shape index (κ1) is 7.49. The molecule has 11 heavy (non-hydrogen) atoms. The number of hydrogen-bond acceptors (Lipinski definition) is 1. The van der Waals surface area contributed by atoms with Crippen molar-refractivity contribution in [2.45, 2.75) is 6.92 Å². The molecule has 0 atom stereocenters. The summed E-state index contributed by atoms with van der Waals surface area (Å²) < 4.78 is 0. The van der Waals surface area contributed by atoms with Gasteiger partial charge in [0.05, 0.1) is 6.57 Å². The number of rotatable bonds is 1. The van der Waals surface area contributed by atoms with Gasteiger partial charge in [-0.15, -0.1) is 0 Å². The van der Waals surface area contributed by atoms with Gasteiger partial charge in [0.2, 0.25) is 5.69 Å². The Morgan fingerprint density at radius 1 is 1.64 bits per heavy atom. The topological polar surface area (TPSA) is 17.2 Å². The molecule has 0 aromatic carbocycles. The van der Waals surface area contributed by atoms with Crippen LogP contribution in [-0.2, 0) is 0 Å². The predicted octanol–water partition coefficient (Wildman–Crippen LogP) is 2.67. The van der Waals surface area contributed by atoms with E-state index in [0.717, 1.165) is 5.56 Å². The summed E-state index contributed by atoms with van der Waals surface area (Å²) >= 11 is 0. The summed E-state index contributed by atoms with van der Waals surface area (Å²) in [5.74, 6) is 0. The minimum Gasteiger partial charge on any atom is -0.276 e. The Balaban J connectivity index is 3.15. The molecule has 0 bridgehead atoms. The van der Waals surface area contributed by atoms with Gasteiger partial charge in [-0.05, 0) is 18.6 Å². The van der Waals surface area contributed by atoms with Gasteiger partial charge in [0.15, 0.2) is 0 Å². The maximum atomic E-state index is 6.81. The van der Waals surface area contributed by atoms with Crippen LogP contribution in [0.3, 0.4) is 0 Å². The first-order chi connectivity index (χ1) is 5.38. The van der Waals surface area contributed by atoms with Crippen molar-refractivity contribution in [3.05, 3.63) is 41.5 Å². The molecule has 0 aliphatic carbocycles. The van der Waals surface area contributed by atoms with Crippen molar-refractivity contribution in [1.82, 2.24) is 4.98 Å². The molecule has 54 valence electrons. The summed E-state index contributed by atoms with van der Waals surface area (Å²) in [6.45, 7) is 8.74. The summed E-state index contributed by atoms with van der Waals surface area (Å²) in [4.78, 5) is 7.18. The Hall–Kier alpha value is -1.62. The minimum absolute atomic E-state index is 0.602. The zero-order valence-corrected chi connectivity index (χ0v) is 6.28. The maximum Gasteiger partial charge on any atom is 0.212 e. The van der Waals surface area contributed by atoms with Crippen LogP contribution in [0.15, 0.2) is 24.5 Å². The van der Waals surface area contributed by atoms with Crippen LogP contribution in [0.1, 0.15) is 12.5 Å². The molecule has 2 nitrogen and oxygen atoms in total. The van der Waals surface area contributed by atoms with Crippen molar-refractivity contribution in [2.24, 2.45) is 0 Å². The molecular formula is C9H8N2. The number of hydrogen-bond donors (Lipinski definition) is 0. The first-order valence-corrected chi connectivity index (χ1v) is 3.32. The zero-order chi connectivity index (χ0) is 8.10. The summed E-state index contributed by atoms with van der Waals surface area (Å²) in [5.41, 5.74) is 1.53. The van der Waals surface area contributed by atoms with Gasteiger partial charge in [0.1, 0.15) is 0 Å². The van der Waals surface area contributed by atoms with Gasteiger partial charge in [-0.1, -0.05) is 12.2 Å². The second-order valence-corrected chi connectivity index (χ2v) is 2.05. The normalized spacial score (nSPS) is 9.82. The Morgan fingerprint density at radius 2 is 2.45 bits per heavy atom. The van der Waals surface area contributed by atoms with E-state index in [4.69, 9.17) is 6.57 Å². The molecule has 0 spiro atoms. The molecular weight excluding hydrogens is 136 g/mol. The summed E-state index contributed by atoms with van der Waals surface area (Å²) in [6, 6.07) is 1.83. The van der Waals surface area contributed by atoms with E-state index in [-0.39, 0.29) is 0 Å². The maximum absolute atomic E-state index is 6.81. The Morgan fingerprint density at radius 3 is 3.09 bits per heavy atom. The molecule has 0 aliphatic heterocycles. The average molecular weight is 144 g/mol. The fourth-order valence-corrected chi connectivity index (χ4v) is 0.811. The van der Waals surface area contributed by atoms with E-state index < -0.39 is 0 Å². The smallest absolute Gasteiger partial charge is 0.212 e. The second kappa shape index (κ2) is 3.52. The van der Waals surface area contributed by atoms with Crippen molar-refractivity contribution in [3.63, 3.8) is 0 Å². The lowest BCUT2D eigenvalue weighted by Gasteiger charge is -1.93. The molecule has 1 rings (SSSR count). The molecule has 1 aromatic heterocycles.